The molecule has 1 aliphatic heterocycles. The number of carbonyl (C=O) groups excluding carboxylic acids is 1. The first kappa shape index (κ1) is 14.1. The third-order valence-corrected chi connectivity index (χ3v) is 3.69. The smallest absolute Gasteiger partial charge is 0.254 e. The van der Waals surface area contributed by atoms with Crippen LogP contribution in [0.4, 0.5) is 5.82 Å². The Morgan fingerprint density at radius 2 is 2.19 bits per heavy atom. The Bertz CT molecular complexity index is 618. The van der Waals surface area contributed by atoms with Crippen molar-refractivity contribution in [2.75, 3.05) is 11.9 Å². The van der Waals surface area contributed by atoms with E-state index in [2.05, 4.69) is 10.4 Å². The maximum Gasteiger partial charge on any atom is 0.254 e. The van der Waals surface area contributed by atoms with Gasteiger partial charge in [-0.05, 0) is 30.5 Å². The highest BCUT2D eigenvalue weighted by atomic mass is 35.5. The SMILES string of the molecule is O=C(Nc1ccnn1Cc1ccc(Cl)cc1)C1CCCO1. The maximum absolute atomic E-state index is 12.1. The summed E-state index contributed by atoms with van der Waals surface area (Å²) in [7, 11) is 0. The Hall–Kier alpha value is -1.85. The van der Waals surface area contributed by atoms with Crippen LogP contribution < -0.4 is 5.32 Å². The average Bonchev–Trinajstić information content (AvgIpc) is 3.14. The van der Waals surface area contributed by atoms with Crippen LogP contribution in [-0.2, 0) is 16.1 Å². The van der Waals surface area contributed by atoms with Gasteiger partial charge in [0.05, 0.1) is 12.7 Å². The van der Waals surface area contributed by atoms with E-state index in [4.69, 9.17) is 16.3 Å². The summed E-state index contributed by atoms with van der Waals surface area (Å²) in [6.07, 6.45) is 3.03. The Morgan fingerprint density at radius 1 is 1.38 bits per heavy atom. The zero-order valence-electron chi connectivity index (χ0n) is 11.5. The molecule has 0 radical (unpaired) electrons. The van der Waals surface area contributed by atoms with Crippen LogP contribution in [0, 0.1) is 0 Å². The van der Waals surface area contributed by atoms with Gasteiger partial charge < -0.3 is 10.1 Å². The summed E-state index contributed by atoms with van der Waals surface area (Å²) in [6, 6.07) is 9.34. The quantitative estimate of drug-likeness (QED) is 0.945. The molecule has 2 heterocycles. The van der Waals surface area contributed by atoms with Crippen molar-refractivity contribution in [3.05, 3.63) is 47.1 Å². The van der Waals surface area contributed by atoms with Gasteiger partial charge >= 0.3 is 0 Å². The molecule has 1 aliphatic rings. The second-order valence-corrected chi connectivity index (χ2v) is 5.43. The van der Waals surface area contributed by atoms with Gasteiger partial charge in [0, 0.05) is 17.7 Å². The molecule has 1 atom stereocenters. The summed E-state index contributed by atoms with van der Waals surface area (Å²) in [5.74, 6) is 0.566. The highest BCUT2D eigenvalue weighted by molar-refractivity contribution is 6.30. The zero-order chi connectivity index (χ0) is 14.7. The van der Waals surface area contributed by atoms with Crippen molar-refractivity contribution in [2.45, 2.75) is 25.5 Å². The monoisotopic (exact) mass is 305 g/mol. The molecule has 2 aromatic rings. The van der Waals surface area contributed by atoms with Crippen LogP contribution in [0.3, 0.4) is 0 Å². The fourth-order valence-electron chi connectivity index (χ4n) is 2.32. The minimum atomic E-state index is -0.344. The van der Waals surface area contributed by atoms with Gasteiger partial charge in [-0.2, -0.15) is 5.10 Å². The van der Waals surface area contributed by atoms with E-state index in [-0.39, 0.29) is 12.0 Å². The molecule has 1 fully saturated rings. The normalized spacial score (nSPS) is 17.9. The molecule has 0 aliphatic carbocycles. The fraction of sp³-hybridized carbons (Fsp3) is 0.333. The number of amides is 1. The molecule has 1 saturated heterocycles. The molecule has 1 amide bonds. The first-order valence-electron chi connectivity index (χ1n) is 6.91. The largest absolute Gasteiger partial charge is 0.368 e. The van der Waals surface area contributed by atoms with Crippen molar-refractivity contribution >= 4 is 23.3 Å². The molecule has 21 heavy (non-hydrogen) atoms. The van der Waals surface area contributed by atoms with Gasteiger partial charge in [0.25, 0.3) is 5.91 Å². The van der Waals surface area contributed by atoms with E-state index < -0.39 is 0 Å². The number of ether oxygens (including phenoxy) is 1. The standard InChI is InChI=1S/C15H16ClN3O2/c16-12-5-3-11(4-6-12)10-19-14(7-8-17-19)18-15(20)13-2-1-9-21-13/h3-8,13H,1-2,9-10H2,(H,18,20). The van der Waals surface area contributed by atoms with Gasteiger partial charge in [-0.15, -0.1) is 0 Å². The number of anilines is 1. The number of benzene rings is 1. The summed E-state index contributed by atoms with van der Waals surface area (Å²) >= 11 is 5.87. The van der Waals surface area contributed by atoms with Crippen molar-refractivity contribution < 1.29 is 9.53 Å². The van der Waals surface area contributed by atoms with Crippen LogP contribution >= 0.6 is 11.6 Å². The Labute approximate surface area is 127 Å². The molecule has 1 aromatic heterocycles. The Morgan fingerprint density at radius 3 is 2.90 bits per heavy atom. The Kier molecular flexibility index (Phi) is 4.22. The third-order valence-electron chi connectivity index (χ3n) is 3.44. The predicted octanol–water partition coefficient (Wildman–Crippen LogP) is 2.70. The van der Waals surface area contributed by atoms with E-state index in [9.17, 15) is 4.79 Å². The molecular weight excluding hydrogens is 290 g/mol. The van der Waals surface area contributed by atoms with E-state index in [0.29, 0.717) is 24.0 Å². The van der Waals surface area contributed by atoms with Crippen molar-refractivity contribution in [1.29, 1.82) is 0 Å². The number of aromatic nitrogens is 2. The number of nitrogens with zero attached hydrogens (tertiary/aromatic N) is 2. The molecule has 3 rings (SSSR count). The van der Waals surface area contributed by atoms with E-state index in [1.54, 1.807) is 16.9 Å². The summed E-state index contributed by atoms with van der Waals surface area (Å²) in [6.45, 7) is 1.23. The molecule has 1 unspecified atom stereocenters. The van der Waals surface area contributed by atoms with E-state index in [1.807, 2.05) is 24.3 Å². The minimum Gasteiger partial charge on any atom is -0.368 e. The van der Waals surface area contributed by atoms with Gasteiger partial charge in [-0.1, -0.05) is 23.7 Å². The molecule has 1 N–H and O–H groups in total. The lowest BCUT2D eigenvalue weighted by Crippen LogP contribution is -2.28. The van der Waals surface area contributed by atoms with Gasteiger partial charge in [0.1, 0.15) is 11.9 Å². The van der Waals surface area contributed by atoms with Gasteiger partial charge in [0.2, 0.25) is 0 Å². The maximum atomic E-state index is 12.1. The number of nitrogens with one attached hydrogen (secondary N) is 1. The molecule has 5 nitrogen and oxygen atoms in total. The summed E-state index contributed by atoms with van der Waals surface area (Å²) in [5, 5.41) is 7.82. The number of carbonyl (C=O) groups is 1. The van der Waals surface area contributed by atoms with Crippen molar-refractivity contribution in [1.82, 2.24) is 9.78 Å². The highest BCUT2D eigenvalue weighted by Gasteiger charge is 2.24. The fourth-order valence-corrected chi connectivity index (χ4v) is 2.44. The van der Waals surface area contributed by atoms with Crippen molar-refractivity contribution in [3.63, 3.8) is 0 Å². The summed E-state index contributed by atoms with van der Waals surface area (Å²) < 4.78 is 7.12. The molecule has 110 valence electrons. The number of hydrogen-bond acceptors (Lipinski definition) is 3. The van der Waals surface area contributed by atoms with Crippen LogP contribution in [0.25, 0.3) is 0 Å². The molecule has 1 aromatic carbocycles. The first-order chi connectivity index (χ1) is 10.2. The topological polar surface area (TPSA) is 56.2 Å². The van der Waals surface area contributed by atoms with Gasteiger partial charge in [-0.25, -0.2) is 4.68 Å². The summed E-state index contributed by atoms with van der Waals surface area (Å²) in [5.41, 5.74) is 1.07. The van der Waals surface area contributed by atoms with Crippen molar-refractivity contribution in [3.8, 4) is 0 Å². The average molecular weight is 306 g/mol. The van der Waals surface area contributed by atoms with Gasteiger partial charge in [-0.3, -0.25) is 4.79 Å². The predicted molar refractivity (Wildman–Crippen MR) is 80.4 cm³/mol. The van der Waals surface area contributed by atoms with Crippen LogP contribution in [0.1, 0.15) is 18.4 Å². The lowest BCUT2D eigenvalue weighted by molar-refractivity contribution is -0.124. The van der Waals surface area contributed by atoms with Crippen LogP contribution in [0.15, 0.2) is 36.5 Å². The minimum absolute atomic E-state index is 0.106. The van der Waals surface area contributed by atoms with Crippen molar-refractivity contribution in [2.24, 2.45) is 0 Å². The lowest BCUT2D eigenvalue weighted by Gasteiger charge is -2.12. The third kappa shape index (κ3) is 3.43. The first-order valence-corrected chi connectivity index (χ1v) is 7.29. The van der Waals surface area contributed by atoms with Crippen LogP contribution in [-0.4, -0.2) is 28.4 Å². The Balaban J connectivity index is 1.68. The van der Waals surface area contributed by atoms with Crippen LogP contribution in [0.5, 0.6) is 0 Å². The summed E-state index contributed by atoms with van der Waals surface area (Å²) in [4.78, 5) is 12.1. The number of halogens is 1. The molecule has 0 bridgehead atoms. The zero-order valence-corrected chi connectivity index (χ0v) is 12.2. The second kappa shape index (κ2) is 6.28. The van der Waals surface area contributed by atoms with Gasteiger partial charge in [0.15, 0.2) is 0 Å². The van der Waals surface area contributed by atoms with Crippen LogP contribution in [0.2, 0.25) is 5.02 Å². The number of rotatable bonds is 4. The second-order valence-electron chi connectivity index (χ2n) is 4.99. The van der Waals surface area contributed by atoms with E-state index in [0.717, 1.165) is 18.4 Å². The molecular formula is C15H16ClN3O2. The van der Waals surface area contributed by atoms with E-state index >= 15 is 0 Å². The highest BCUT2D eigenvalue weighted by Crippen LogP contribution is 2.16. The number of hydrogen-bond donors (Lipinski definition) is 1. The molecule has 0 saturated carbocycles. The van der Waals surface area contributed by atoms with E-state index in [1.165, 1.54) is 0 Å². The molecule has 6 heteroatoms. The lowest BCUT2D eigenvalue weighted by atomic mass is 10.2. The molecule has 0 spiro atoms.